The van der Waals surface area contributed by atoms with Gasteiger partial charge >= 0.3 is 0 Å². The number of rotatable bonds is 8. The van der Waals surface area contributed by atoms with Crippen LogP contribution in [0.15, 0.2) is 42.9 Å². The number of benzene rings is 1. The van der Waals surface area contributed by atoms with Crippen molar-refractivity contribution in [3.05, 3.63) is 53.4 Å². The number of hydrogen-bond acceptors (Lipinski definition) is 7. The first kappa shape index (κ1) is 18.0. The summed E-state index contributed by atoms with van der Waals surface area (Å²) in [5.41, 5.74) is 1.76. The number of halogens is 1. The Hall–Kier alpha value is -2.84. The van der Waals surface area contributed by atoms with Gasteiger partial charge in [0.2, 0.25) is 5.95 Å². The van der Waals surface area contributed by atoms with Crippen LogP contribution in [-0.4, -0.2) is 38.6 Å². The van der Waals surface area contributed by atoms with Gasteiger partial charge in [0.1, 0.15) is 10.8 Å². The number of nitrogens with zero attached hydrogens (tertiary/aromatic N) is 4. The van der Waals surface area contributed by atoms with Crippen LogP contribution in [-0.2, 0) is 13.1 Å². The van der Waals surface area contributed by atoms with Gasteiger partial charge in [0.25, 0.3) is 0 Å². The highest BCUT2D eigenvalue weighted by molar-refractivity contribution is 6.32. The molecule has 2 aromatic heterocycles. The lowest BCUT2D eigenvalue weighted by atomic mass is 10.2. The number of hydrogen-bond donors (Lipinski definition) is 3. The molecule has 0 radical (unpaired) electrons. The standard InChI is InChI=1S/C17H19ClN6O2/c1-26-14-4-2-3-12(7-14)8-19-16-15(18)10-20-17(23-16)22-13-9-21-24(11-13)5-6-25/h2-4,7,9-11,25H,5-6,8H2,1H3,(H2,19,20,22,23). The van der Waals surface area contributed by atoms with E-state index < -0.39 is 0 Å². The molecule has 2 heterocycles. The Balaban J connectivity index is 1.68. The van der Waals surface area contributed by atoms with Crippen LogP contribution in [0.3, 0.4) is 0 Å². The molecule has 0 aliphatic heterocycles. The van der Waals surface area contributed by atoms with Crippen molar-refractivity contribution in [3.63, 3.8) is 0 Å². The Bertz CT molecular complexity index is 870. The third kappa shape index (κ3) is 4.62. The van der Waals surface area contributed by atoms with Crippen LogP contribution in [0.25, 0.3) is 0 Å². The molecule has 8 nitrogen and oxygen atoms in total. The highest BCUT2D eigenvalue weighted by atomic mass is 35.5. The van der Waals surface area contributed by atoms with Gasteiger partial charge in [0, 0.05) is 12.7 Å². The fourth-order valence-electron chi connectivity index (χ4n) is 2.30. The number of ether oxygens (including phenoxy) is 1. The maximum atomic E-state index is 8.93. The molecule has 0 aliphatic carbocycles. The first-order valence-electron chi connectivity index (χ1n) is 7.97. The van der Waals surface area contributed by atoms with Gasteiger partial charge in [0.15, 0.2) is 5.82 Å². The summed E-state index contributed by atoms with van der Waals surface area (Å²) in [6.07, 6.45) is 4.93. The van der Waals surface area contributed by atoms with Crippen LogP contribution in [0.2, 0.25) is 5.02 Å². The topological polar surface area (TPSA) is 97.1 Å². The smallest absolute Gasteiger partial charge is 0.229 e. The van der Waals surface area contributed by atoms with E-state index >= 15 is 0 Å². The van der Waals surface area contributed by atoms with E-state index in [1.807, 2.05) is 24.3 Å². The van der Waals surface area contributed by atoms with Crippen LogP contribution in [0.5, 0.6) is 5.75 Å². The number of nitrogens with one attached hydrogen (secondary N) is 2. The molecular weight excluding hydrogens is 356 g/mol. The molecule has 3 N–H and O–H groups in total. The Morgan fingerprint density at radius 2 is 2.19 bits per heavy atom. The minimum absolute atomic E-state index is 0.0247. The second kappa shape index (κ2) is 8.50. The summed E-state index contributed by atoms with van der Waals surface area (Å²) in [7, 11) is 1.63. The largest absolute Gasteiger partial charge is 0.497 e. The highest BCUT2D eigenvalue weighted by Gasteiger charge is 2.07. The fraction of sp³-hybridized carbons (Fsp3) is 0.235. The predicted octanol–water partition coefficient (Wildman–Crippen LogP) is 2.68. The molecular formula is C17H19ClN6O2. The second-order valence-electron chi connectivity index (χ2n) is 5.44. The number of anilines is 3. The van der Waals surface area contributed by atoms with Crippen LogP contribution in [0.4, 0.5) is 17.5 Å². The minimum Gasteiger partial charge on any atom is -0.497 e. The van der Waals surface area contributed by atoms with Gasteiger partial charge in [-0.2, -0.15) is 10.1 Å². The molecule has 0 saturated carbocycles. The average molecular weight is 375 g/mol. The van der Waals surface area contributed by atoms with E-state index in [1.54, 1.807) is 24.2 Å². The van der Waals surface area contributed by atoms with Crippen molar-refractivity contribution in [3.8, 4) is 5.75 Å². The zero-order valence-electron chi connectivity index (χ0n) is 14.2. The molecule has 0 bridgehead atoms. The van der Waals surface area contributed by atoms with Crippen molar-refractivity contribution in [2.45, 2.75) is 13.1 Å². The van der Waals surface area contributed by atoms with Gasteiger partial charge in [-0.3, -0.25) is 4.68 Å². The Morgan fingerprint density at radius 3 is 3.00 bits per heavy atom. The molecule has 0 amide bonds. The molecule has 3 aromatic rings. The monoisotopic (exact) mass is 374 g/mol. The zero-order chi connectivity index (χ0) is 18.4. The van der Waals surface area contributed by atoms with E-state index in [4.69, 9.17) is 21.4 Å². The summed E-state index contributed by atoms with van der Waals surface area (Å²) in [4.78, 5) is 8.57. The van der Waals surface area contributed by atoms with E-state index in [1.165, 1.54) is 6.20 Å². The number of aromatic nitrogens is 4. The lowest BCUT2D eigenvalue weighted by Crippen LogP contribution is -2.05. The minimum atomic E-state index is 0.0247. The van der Waals surface area contributed by atoms with Crippen molar-refractivity contribution in [1.29, 1.82) is 0 Å². The predicted molar refractivity (Wildman–Crippen MR) is 100.0 cm³/mol. The van der Waals surface area contributed by atoms with Gasteiger partial charge in [0.05, 0.1) is 38.3 Å². The van der Waals surface area contributed by atoms with E-state index in [0.717, 1.165) is 17.0 Å². The van der Waals surface area contributed by atoms with Crippen LogP contribution < -0.4 is 15.4 Å². The normalized spacial score (nSPS) is 10.6. The van der Waals surface area contributed by atoms with Crippen molar-refractivity contribution in [2.75, 3.05) is 24.4 Å². The molecule has 26 heavy (non-hydrogen) atoms. The Labute approximate surface area is 155 Å². The molecule has 0 unspecified atom stereocenters. The van der Waals surface area contributed by atoms with Crippen molar-refractivity contribution < 1.29 is 9.84 Å². The van der Waals surface area contributed by atoms with E-state index in [2.05, 4.69) is 25.7 Å². The van der Waals surface area contributed by atoms with E-state index in [0.29, 0.717) is 29.9 Å². The molecule has 0 atom stereocenters. The summed E-state index contributed by atoms with van der Waals surface area (Å²) in [6, 6.07) is 7.74. The summed E-state index contributed by atoms with van der Waals surface area (Å²) in [5.74, 6) is 1.71. The third-order valence-electron chi connectivity index (χ3n) is 3.56. The van der Waals surface area contributed by atoms with Crippen LogP contribution in [0, 0.1) is 0 Å². The average Bonchev–Trinajstić information content (AvgIpc) is 3.09. The maximum absolute atomic E-state index is 8.93. The molecule has 0 fully saturated rings. The Kier molecular flexibility index (Phi) is 5.88. The van der Waals surface area contributed by atoms with Gasteiger partial charge in [-0.15, -0.1) is 0 Å². The molecule has 0 spiro atoms. The number of aliphatic hydroxyl groups excluding tert-OH is 1. The maximum Gasteiger partial charge on any atom is 0.229 e. The summed E-state index contributed by atoms with van der Waals surface area (Å²) < 4.78 is 6.85. The lowest BCUT2D eigenvalue weighted by Gasteiger charge is -2.10. The third-order valence-corrected chi connectivity index (χ3v) is 3.83. The summed E-state index contributed by atoms with van der Waals surface area (Å²) >= 11 is 6.19. The van der Waals surface area contributed by atoms with E-state index in [9.17, 15) is 0 Å². The number of methoxy groups -OCH3 is 1. The molecule has 3 rings (SSSR count). The van der Waals surface area contributed by atoms with Gasteiger partial charge in [-0.05, 0) is 17.7 Å². The molecule has 136 valence electrons. The molecule has 0 saturated heterocycles. The summed E-state index contributed by atoms with van der Waals surface area (Å²) in [5, 5.41) is 19.7. The van der Waals surface area contributed by atoms with Gasteiger partial charge in [-0.25, -0.2) is 4.98 Å². The first-order valence-corrected chi connectivity index (χ1v) is 8.35. The Morgan fingerprint density at radius 1 is 1.31 bits per heavy atom. The SMILES string of the molecule is COc1cccc(CNc2nc(Nc3cnn(CCO)c3)ncc2Cl)c1. The van der Waals surface area contributed by atoms with Gasteiger partial charge < -0.3 is 20.5 Å². The van der Waals surface area contributed by atoms with Gasteiger partial charge in [-0.1, -0.05) is 23.7 Å². The van der Waals surface area contributed by atoms with Crippen LogP contribution >= 0.6 is 11.6 Å². The van der Waals surface area contributed by atoms with Crippen molar-refractivity contribution in [2.24, 2.45) is 0 Å². The molecule has 1 aromatic carbocycles. The van der Waals surface area contributed by atoms with Crippen molar-refractivity contribution in [1.82, 2.24) is 19.7 Å². The van der Waals surface area contributed by atoms with Crippen LogP contribution in [0.1, 0.15) is 5.56 Å². The first-order chi connectivity index (χ1) is 12.7. The number of aliphatic hydroxyl groups is 1. The summed E-state index contributed by atoms with van der Waals surface area (Å²) in [6.45, 7) is 0.995. The fourth-order valence-corrected chi connectivity index (χ4v) is 2.46. The van der Waals surface area contributed by atoms with Crippen molar-refractivity contribution >= 4 is 29.1 Å². The lowest BCUT2D eigenvalue weighted by molar-refractivity contribution is 0.269. The quantitative estimate of drug-likeness (QED) is 0.557. The second-order valence-corrected chi connectivity index (χ2v) is 5.84. The highest BCUT2D eigenvalue weighted by Crippen LogP contribution is 2.22. The zero-order valence-corrected chi connectivity index (χ0v) is 14.9. The van der Waals surface area contributed by atoms with E-state index in [-0.39, 0.29) is 6.61 Å². The molecule has 9 heteroatoms. The molecule has 0 aliphatic rings.